The van der Waals surface area contributed by atoms with Crippen LogP contribution in [-0.4, -0.2) is 45.3 Å². The molecule has 30 heavy (non-hydrogen) atoms. The Morgan fingerprint density at radius 2 is 2.07 bits per heavy atom. The summed E-state index contributed by atoms with van der Waals surface area (Å²) in [5.41, 5.74) is 4.54. The second-order valence-corrected chi connectivity index (χ2v) is 8.50. The Morgan fingerprint density at radius 3 is 3.00 bits per heavy atom. The lowest BCUT2D eigenvalue weighted by Gasteiger charge is -2.42. The van der Waals surface area contributed by atoms with E-state index in [0.29, 0.717) is 31.2 Å². The lowest BCUT2D eigenvalue weighted by molar-refractivity contribution is 0.0588. The number of carbonyl (C=O) groups is 1. The van der Waals surface area contributed by atoms with Gasteiger partial charge < -0.3 is 14.2 Å². The molecular formula is C23H22N4O3. The highest BCUT2D eigenvalue weighted by molar-refractivity contribution is 5.93. The molecule has 0 aliphatic carbocycles. The summed E-state index contributed by atoms with van der Waals surface area (Å²) in [5.74, 6) is 1.42. The maximum Gasteiger partial charge on any atom is 0.271 e. The second-order valence-electron chi connectivity index (χ2n) is 8.50. The average Bonchev–Trinajstić information content (AvgIpc) is 3.43. The van der Waals surface area contributed by atoms with Crippen LogP contribution in [-0.2, 0) is 13.0 Å². The monoisotopic (exact) mass is 402 g/mol. The average molecular weight is 402 g/mol. The Kier molecular flexibility index (Phi) is 3.84. The number of benzene rings is 1. The van der Waals surface area contributed by atoms with Gasteiger partial charge >= 0.3 is 0 Å². The van der Waals surface area contributed by atoms with E-state index in [-0.39, 0.29) is 17.4 Å². The fraction of sp³-hybridized carbons (Fsp3) is 0.348. The number of H-pyrrole nitrogens is 1. The van der Waals surface area contributed by atoms with E-state index in [2.05, 4.69) is 16.3 Å². The van der Waals surface area contributed by atoms with Crippen molar-refractivity contribution in [1.82, 2.24) is 19.7 Å². The van der Waals surface area contributed by atoms with E-state index >= 15 is 0 Å². The van der Waals surface area contributed by atoms with Crippen LogP contribution in [0.25, 0.3) is 11.3 Å². The van der Waals surface area contributed by atoms with Crippen LogP contribution in [0.2, 0.25) is 0 Å². The van der Waals surface area contributed by atoms with Crippen LogP contribution in [0, 0.1) is 5.92 Å². The van der Waals surface area contributed by atoms with E-state index in [9.17, 15) is 9.59 Å². The molecule has 3 aliphatic rings. The highest BCUT2D eigenvalue weighted by Crippen LogP contribution is 2.35. The Balaban J connectivity index is 1.25. The third kappa shape index (κ3) is 2.76. The Hall–Kier alpha value is -3.35. The number of carbonyl (C=O) groups excluding carboxylic acids is 1. The van der Waals surface area contributed by atoms with Crippen LogP contribution in [0.15, 0.2) is 47.3 Å². The van der Waals surface area contributed by atoms with E-state index in [1.54, 1.807) is 6.07 Å². The molecule has 1 N–H and O–H groups in total. The van der Waals surface area contributed by atoms with Crippen LogP contribution >= 0.6 is 0 Å². The first kappa shape index (κ1) is 17.5. The molecule has 0 saturated carbocycles. The molecule has 3 aromatic rings. The van der Waals surface area contributed by atoms with Crippen molar-refractivity contribution in [3.8, 4) is 17.0 Å². The molecule has 2 atom stereocenters. The molecule has 2 unspecified atom stereocenters. The maximum absolute atomic E-state index is 13.2. The highest BCUT2D eigenvalue weighted by atomic mass is 16.5. The molecule has 3 aliphatic heterocycles. The minimum absolute atomic E-state index is 0.0281. The number of piperidine rings is 1. The number of aromatic nitrogens is 3. The van der Waals surface area contributed by atoms with Crippen molar-refractivity contribution in [1.29, 1.82) is 0 Å². The molecular weight excluding hydrogens is 380 g/mol. The van der Waals surface area contributed by atoms with Gasteiger partial charge in [-0.2, -0.15) is 5.10 Å². The van der Waals surface area contributed by atoms with Gasteiger partial charge in [-0.15, -0.1) is 0 Å². The molecule has 0 radical (unpaired) electrons. The van der Waals surface area contributed by atoms with Crippen molar-refractivity contribution >= 4 is 5.91 Å². The first-order valence-electron chi connectivity index (χ1n) is 10.5. The maximum atomic E-state index is 13.2. The number of nitrogens with one attached hydrogen (secondary N) is 1. The van der Waals surface area contributed by atoms with Crippen molar-refractivity contribution in [3.05, 3.63) is 69.8 Å². The van der Waals surface area contributed by atoms with Gasteiger partial charge in [-0.05, 0) is 48.2 Å². The fourth-order valence-electron chi connectivity index (χ4n) is 5.16. The molecule has 1 fully saturated rings. The van der Waals surface area contributed by atoms with Gasteiger partial charge in [0.1, 0.15) is 11.4 Å². The van der Waals surface area contributed by atoms with Gasteiger partial charge in [0, 0.05) is 49.3 Å². The van der Waals surface area contributed by atoms with Crippen LogP contribution in [0.3, 0.4) is 0 Å². The van der Waals surface area contributed by atoms with Gasteiger partial charge in [0.05, 0.1) is 12.3 Å². The molecule has 2 bridgehead atoms. The molecule has 7 heteroatoms. The number of likely N-dealkylation sites (tertiary alicyclic amines) is 1. The van der Waals surface area contributed by atoms with Crippen LogP contribution < -0.4 is 10.3 Å². The standard InChI is InChI=1S/C23H22N4O3/c28-22-3-1-2-20-17-8-14(12-27(20)22)11-26(13-17)23(29)19-10-18(24-25-19)15-4-5-21-16(9-15)6-7-30-21/h1-5,9-10,14,17H,6-8,11-13H2,(H,24,25). The molecule has 1 aromatic carbocycles. The van der Waals surface area contributed by atoms with Crippen LogP contribution in [0.4, 0.5) is 0 Å². The Bertz CT molecular complexity index is 1210. The van der Waals surface area contributed by atoms with Gasteiger partial charge in [-0.3, -0.25) is 14.7 Å². The summed E-state index contributed by atoms with van der Waals surface area (Å²) in [7, 11) is 0. The van der Waals surface area contributed by atoms with Crippen molar-refractivity contribution in [2.45, 2.75) is 25.3 Å². The van der Waals surface area contributed by atoms with Crippen LogP contribution in [0.1, 0.15) is 34.1 Å². The number of ether oxygens (including phenoxy) is 1. The number of rotatable bonds is 2. The Morgan fingerprint density at radius 1 is 1.13 bits per heavy atom. The first-order valence-corrected chi connectivity index (χ1v) is 10.5. The topological polar surface area (TPSA) is 80.2 Å². The second kappa shape index (κ2) is 6.58. The summed E-state index contributed by atoms with van der Waals surface area (Å²) >= 11 is 0. The summed E-state index contributed by atoms with van der Waals surface area (Å²) in [6.45, 7) is 2.69. The molecule has 5 heterocycles. The van der Waals surface area contributed by atoms with Gasteiger partial charge in [0.2, 0.25) is 0 Å². The first-order chi connectivity index (χ1) is 14.7. The predicted molar refractivity (Wildman–Crippen MR) is 111 cm³/mol. The summed E-state index contributed by atoms with van der Waals surface area (Å²) in [6, 6.07) is 13.3. The third-order valence-corrected chi connectivity index (χ3v) is 6.56. The third-order valence-electron chi connectivity index (χ3n) is 6.56. The highest BCUT2D eigenvalue weighted by Gasteiger charge is 2.36. The molecule has 0 spiro atoms. The van der Waals surface area contributed by atoms with Gasteiger partial charge in [0.25, 0.3) is 11.5 Å². The van der Waals surface area contributed by atoms with E-state index in [0.717, 1.165) is 42.1 Å². The summed E-state index contributed by atoms with van der Waals surface area (Å²) in [5, 5.41) is 7.32. The lowest BCUT2D eigenvalue weighted by atomic mass is 9.83. The zero-order valence-corrected chi connectivity index (χ0v) is 16.5. The van der Waals surface area contributed by atoms with Crippen molar-refractivity contribution in [2.75, 3.05) is 19.7 Å². The number of fused-ring (bicyclic) bond motifs is 5. The zero-order valence-electron chi connectivity index (χ0n) is 16.5. The zero-order chi connectivity index (χ0) is 20.2. The van der Waals surface area contributed by atoms with E-state index in [1.807, 2.05) is 39.8 Å². The van der Waals surface area contributed by atoms with E-state index in [1.165, 1.54) is 5.56 Å². The van der Waals surface area contributed by atoms with Gasteiger partial charge in [-0.1, -0.05) is 6.07 Å². The number of amides is 1. The molecule has 1 saturated heterocycles. The van der Waals surface area contributed by atoms with Crippen molar-refractivity contribution < 1.29 is 9.53 Å². The predicted octanol–water partition coefficient (Wildman–Crippen LogP) is 2.43. The molecule has 2 aromatic heterocycles. The largest absolute Gasteiger partial charge is 0.493 e. The smallest absolute Gasteiger partial charge is 0.271 e. The SMILES string of the molecule is O=C(c1cc(-c2ccc3c(c2)CCO3)n[nH]1)N1CC2CC(C1)c1cccc(=O)n1C2. The fourth-order valence-corrected chi connectivity index (χ4v) is 5.16. The molecule has 6 rings (SSSR count). The summed E-state index contributed by atoms with van der Waals surface area (Å²) < 4.78 is 7.45. The summed E-state index contributed by atoms with van der Waals surface area (Å²) in [6.07, 6.45) is 1.93. The van der Waals surface area contributed by atoms with Gasteiger partial charge in [-0.25, -0.2) is 0 Å². The summed E-state index contributed by atoms with van der Waals surface area (Å²) in [4.78, 5) is 27.3. The van der Waals surface area contributed by atoms with Crippen molar-refractivity contribution in [3.63, 3.8) is 0 Å². The number of aromatic amines is 1. The molecule has 7 nitrogen and oxygen atoms in total. The normalized spacial score (nSPS) is 21.7. The number of hydrogen-bond donors (Lipinski definition) is 1. The number of hydrogen-bond acceptors (Lipinski definition) is 4. The number of nitrogens with zero attached hydrogens (tertiary/aromatic N) is 3. The van der Waals surface area contributed by atoms with E-state index in [4.69, 9.17) is 4.74 Å². The molecule has 152 valence electrons. The lowest BCUT2D eigenvalue weighted by Crippen LogP contribution is -2.49. The quantitative estimate of drug-likeness (QED) is 0.714. The Labute approximate surface area is 173 Å². The minimum atomic E-state index is -0.0281. The minimum Gasteiger partial charge on any atom is -0.493 e. The van der Waals surface area contributed by atoms with Crippen molar-refractivity contribution in [2.24, 2.45) is 5.92 Å². The van der Waals surface area contributed by atoms with Gasteiger partial charge in [0.15, 0.2) is 0 Å². The number of pyridine rings is 1. The molecule has 1 amide bonds. The van der Waals surface area contributed by atoms with Crippen LogP contribution in [0.5, 0.6) is 5.75 Å². The van der Waals surface area contributed by atoms with E-state index < -0.39 is 0 Å².